The highest BCUT2D eigenvalue weighted by Crippen LogP contribution is 2.19. The van der Waals surface area contributed by atoms with Gasteiger partial charge in [-0.15, -0.1) is 0 Å². The molecule has 0 saturated heterocycles. The zero-order chi connectivity index (χ0) is 10.4. The van der Waals surface area contributed by atoms with E-state index < -0.39 is 0 Å². The smallest absolute Gasteiger partial charge is 0.139 e. The molecule has 1 nitrogen and oxygen atoms in total. The molecule has 0 radical (unpaired) electrons. The van der Waals surface area contributed by atoms with Crippen molar-refractivity contribution in [2.45, 2.75) is 26.2 Å². The first-order valence-electron chi connectivity index (χ1n) is 4.93. The van der Waals surface area contributed by atoms with E-state index in [-0.39, 0.29) is 5.82 Å². The predicted molar refractivity (Wildman–Crippen MR) is 62.1 cm³/mol. The number of nitrogens with one attached hydrogen (secondary N) is 1. The summed E-state index contributed by atoms with van der Waals surface area (Å²) in [7, 11) is 0. The Morgan fingerprint density at radius 3 is 2.79 bits per heavy atom. The van der Waals surface area contributed by atoms with Gasteiger partial charge in [0.25, 0.3) is 0 Å². The molecule has 1 aromatic carbocycles. The first-order chi connectivity index (χ1) is 6.74. The van der Waals surface area contributed by atoms with E-state index in [0.29, 0.717) is 4.47 Å². The van der Waals surface area contributed by atoms with Gasteiger partial charge in [0.15, 0.2) is 0 Å². The Kier molecular flexibility index (Phi) is 4.94. The lowest BCUT2D eigenvalue weighted by molar-refractivity contribution is 0.621. The molecular weight excluding hydrogens is 245 g/mol. The maximum absolute atomic E-state index is 13.1. The van der Waals surface area contributed by atoms with E-state index in [1.807, 2.05) is 6.07 Å². The standard InChI is InChI=1S/C11H15BrFN/c1-2-3-4-7-14-9-5-6-10(12)11(13)8-9/h5-6,8,14H,2-4,7H2,1H3. The Bertz CT molecular complexity index is 289. The second-order valence-electron chi connectivity index (χ2n) is 3.26. The molecule has 14 heavy (non-hydrogen) atoms. The Hall–Kier alpha value is -0.570. The molecule has 0 aliphatic carbocycles. The van der Waals surface area contributed by atoms with Gasteiger partial charge in [-0.25, -0.2) is 4.39 Å². The maximum Gasteiger partial charge on any atom is 0.139 e. The van der Waals surface area contributed by atoms with Crippen LogP contribution in [0.3, 0.4) is 0 Å². The normalized spacial score (nSPS) is 10.2. The summed E-state index contributed by atoms with van der Waals surface area (Å²) in [4.78, 5) is 0. The number of rotatable bonds is 5. The molecule has 0 amide bonds. The Balaban J connectivity index is 2.39. The van der Waals surface area contributed by atoms with E-state index in [1.54, 1.807) is 6.07 Å². The van der Waals surface area contributed by atoms with Crippen LogP contribution in [-0.2, 0) is 0 Å². The fraction of sp³-hybridized carbons (Fsp3) is 0.455. The third kappa shape index (κ3) is 3.66. The zero-order valence-electron chi connectivity index (χ0n) is 8.32. The van der Waals surface area contributed by atoms with Crippen LogP contribution in [0.4, 0.5) is 10.1 Å². The monoisotopic (exact) mass is 259 g/mol. The fourth-order valence-corrected chi connectivity index (χ4v) is 1.46. The molecule has 1 aromatic rings. The molecule has 0 unspecified atom stereocenters. The van der Waals surface area contributed by atoms with Gasteiger partial charge >= 0.3 is 0 Å². The van der Waals surface area contributed by atoms with Crippen LogP contribution in [-0.4, -0.2) is 6.54 Å². The van der Waals surface area contributed by atoms with Crippen molar-refractivity contribution in [3.8, 4) is 0 Å². The highest BCUT2D eigenvalue weighted by atomic mass is 79.9. The van der Waals surface area contributed by atoms with Crippen molar-refractivity contribution in [3.05, 3.63) is 28.5 Å². The molecule has 0 fully saturated rings. The topological polar surface area (TPSA) is 12.0 Å². The minimum absolute atomic E-state index is 0.217. The van der Waals surface area contributed by atoms with E-state index in [0.717, 1.165) is 18.7 Å². The summed E-state index contributed by atoms with van der Waals surface area (Å²) < 4.78 is 13.6. The molecule has 0 aliphatic rings. The van der Waals surface area contributed by atoms with Gasteiger partial charge in [0.1, 0.15) is 5.82 Å². The van der Waals surface area contributed by atoms with Gasteiger partial charge in [0.05, 0.1) is 4.47 Å². The first-order valence-corrected chi connectivity index (χ1v) is 5.72. The van der Waals surface area contributed by atoms with E-state index in [4.69, 9.17) is 0 Å². The first kappa shape index (κ1) is 11.5. The summed E-state index contributed by atoms with van der Waals surface area (Å²) in [5.74, 6) is -0.217. The summed E-state index contributed by atoms with van der Waals surface area (Å²) in [5.41, 5.74) is 0.849. The van der Waals surface area contributed by atoms with Gasteiger partial charge in [-0.3, -0.25) is 0 Å². The van der Waals surface area contributed by atoms with Crippen LogP contribution in [0.1, 0.15) is 26.2 Å². The molecule has 0 bridgehead atoms. The second-order valence-corrected chi connectivity index (χ2v) is 4.12. The van der Waals surface area contributed by atoms with Crippen LogP contribution in [0, 0.1) is 5.82 Å². The van der Waals surface area contributed by atoms with Crippen LogP contribution in [0.25, 0.3) is 0 Å². The van der Waals surface area contributed by atoms with Crippen LogP contribution in [0.2, 0.25) is 0 Å². The molecule has 1 N–H and O–H groups in total. The van der Waals surface area contributed by atoms with Gasteiger partial charge < -0.3 is 5.32 Å². The van der Waals surface area contributed by atoms with E-state index in [2.05, 4.69) is 28.2 Å². The number of halogens is 2. The lowest BCUT2D eigenvalue weighted by atomic mass is 10.2. The molecule has 78 valence electrons. The number of hydrogen-bond donors (Lipinski definition) is 1. The highest BCUT2D eigenvalue weighted by molar-refractivity contribution is 9.10. The number of anilines is 1. The molecular formula is C11H15BrFN. The molecule has 1 rings (SSSR count). The van der Waals surface area contributed by atoms with E-state index in [9.17, 15) is 4.39 Å². The lowest BCUT2D eigenvalue weighted by Gasteiger charge is -2.06. The van der Waals surface area contributed by atoms with Crippen molar-refractivity contribution in [3.63, 3.8) is 0 Å². The minimum atomic E-state index is -0.217. The predicted octanol–water partition coefficient (Wildman–Crippen LogP) is 4.19. The summed E-state index contributed by atoms with van der Waals surface area (Å²) in [5, 5.41) is 3.19. The van der Waals surface area contributed by atoms with Gasteiger partial charge in [0.2, 0.25) is 0 Å². The van der Waals surface area contributed by atoms with Crippen molar-refractivity contribution >= 4 is 21.6 Å². The summed E-state index contributed by atoms with van der Waals surface area (Å²) in [6.07, 6.45) is 3.55. The Morgan fingerprint density at radius 2 is 2.14 bits per heavy atom. The summed E-state index contributed by atoms with van der Waals surface area (Å²) in [6.45, 7) is 3.08. The average Bonchev–Trinajstić information content (AvgIpc) is 2.18. The molecule has 0 atom stereocenters. The number of hydrogen-bond acceptors (Lipinski definition) is 1. The quantitative estimate of drug-likeness (QED) is 0.783. The third-order valence-corrected chi connectivity index (χ3v) is 2.67. The fourth-order valence-electron chi connectivity index (χ4n) is 1.21. The molecule has 3 heteroatoms. The van der Waals surface area contributed by atoms with Gasteiger partial charge in [-0.1, -0.05) is 19.8 Å². The van der Waals surface area contributed by atoms with Crippen molar-refractivity contribution in [1.29, 1.82) is 0 Å². The zero-order valence-corrected chi connectivity index (χ0v) is 9.90. The van der Waals surface area contributed by atoms with Crippen molar-refractivity contribution in [1.82, 2.24) is 0 Å². The SMILES string of the molecule is CCCCCNc1ccc(Br)c(F)c1. The van der Waals surface area contributed by atoms with Gasteiger partial charge in [-0.05, 0) is 40.5 Å². The van der Waals surface area contributed by atoms with Crippen molar-refractivity contribution in [2.24, 2.45) is 0 Å². The van der Waals surface area contributed by atoms with Crippen molar-refractivity contribution in [2.75, 3.05) is 11.9 Å². The Labute approximate surface area is 92.8 Å². The largest absolute Gasteiger partial charge is 0.385 e. The van der Waals surface area contributed by atoms with Crippen LogP contribution in [0.15, 0.2) is 22.7 Å². The molecule has 0 aliphatic heterocycles. The average molecular weight is 260 g/mol. The Morgan fingerprint density at radius 1 is 1.36 bits per heavy atom. The van der Waals surface area contributed by atoms with Crippen LogP contribution in [0.5, 0.6) is 0 Å². The minimum Gasteiger partial charge on any atom is -0.385 e. The van der Waals surface area contributed by atoms with Gasteiger partial charge in [0, 0.05) is 12.2 Å². The van der Waals surface area contributed by atoms with Crippen molar-refractivity contribution < 1.29 is 4.39 Å². The molecule has 0 aromatic heterocycles. The van der Waals surface area contributed by atoms with Crippen LogP contribution < -0.4 is 5.32 Å². The summed E-state index contributed by atoms with van der Waals surface area (Å²) >= 11 is 3.12. The van der Waals surface area contributed by atoms with Gasteiger partial charge in [-0.2, -0.15) is 0 Å². The number of benzene rings is 1. The molecule has 0 spiro atoms. The third-order valence-electron chi connectivity index (χ3n) is 2.03. The second kappa shape index (κ2) is 6.02. The lowest BCUT2D eigenvalue weighted by Crippen LogP contribution is -2.01. The molecule has 0 heterocycles. The summed E-state index contributed by atoms with van der Waals surface area (Å²) in [6, 6.07) is 5.10. The maximum atomic E-state index is 13.1. The van der Waals surface area contributed by atoms with Crippen LogP contribution >= 0.6 is 15.9 Å². The van der Waals surface area contributed by atoms with E-state index >= 15 is 0 Å². The molecule has 0 saturated carbocycles. The highest BCUT2D eigenvalue weighted by Gasteiger charge is 1.99. The number of unbranched alkanes of at least 4 members (excludes halogenated alkanes) is 2. The van der Waals surface area contributed by atoms with E-state index in [1.165, 1.54) is 18.9 Å².